The van der Waals surface area contributed by atoms with Crippen molar-refractivity contribution < 1.29 is 28.2 Å². The highest BCUT2D eigenvalue weighted by atomic mass is 32.2. The molecule has 12 heteroatoms. The summed E-state index contributed by atoms with van der Waals surface area (Å²) in [4.78, 5) is 33.1. The Morgan fingerprint density at radius 3 is 2.35 bits per heavy atom. The maximum absolute atomic E-state index is 11.7. The Bertz CT molecular complexity index is 1010. The maximum Gasteiger partial charge on any atom is 0.328 e. The molecule has 0 atom stereocenters. The van der Waals surface area contributed by atoms with Gasteiger partial charge in [0.2, 0.25) is 10.0 Å². The van der Waals surface area contributed by atoms with Crippen LogP contribution in [0.1, 0.15) is 25.7 Å². The molecule has 4 N–H and O–H groups in total. The number of carbonyl (C=O) groups is 2. The van der Waals surface area contributed by atoms with E-state index < -0.39 is 22.0 Å². The number of H-pyrrole nitrogens is 1. The number of fused-ring (bicyclic) bond motifs is 1. The molecular weight excluding hydrogens is 426 g/mol. The van der Waals surface area contributed by atoms with Crippen LogP contribution >= 0.6 is 0 Å². The zero-order chi connectivity index (χ0) is 23.0. The largest absolute Gasteiger partial charge is 0.478 e. The van der Waals surface area contributed by atoms with Crippen LogP contribution in [-0.4, -0.2) is 71.4 Å². The van der Waals surface area contributed by atoms with Crippen LogP contribution in [0, 0.1) is 5.92 Å². The summed E-state index contributed by atoms with van der Waals surface area (Å²) >= 11 is 0. The SMILES string of the molecule is CNS(=O)(=O)CC1CCC(N(C)c2ncnc3[nH]ccc23)CC1.O=C(O)C=CC(=O)O. The third-order valence-electron chi connectivity index (χ3n) is 5.17. The Hall–Kier alpha value is -2.99. The van der Waals surface area contributed by atoms with Gasteiger partial charge < -0.3 is 20.1 Å². The summed E-state index contributed by atoms with van der Waals surface area (Å²) < 4.78 is 25.8. The van der Waals surface area contributed by atoms with E-state index in [1.807, 2.05) is 12.3 Å². The number of aliphatic carboxylic acids is 2. The lowest BCUT2D eigenvalue weighted by Gasteiger charge is -2.35. The van der Waals surface area contributed by atoms with Crippen molar-refractivity contribution in [3.63, 3.8) is 0 Å². The van der Waals surface area contributed by atoms with E-state index in [9.17, 15) is 18.0 Å². The minimum absolute atomic E-state index is 0.232. The lowest BCUT2D eigenvalue weighted by Crippen LogP contribution is -2.37. The second-order valence-electron chi connectivity index (χ2n) is 7.22. The zero-order valence-corrected chi connectivity index (χ0v) is 18.2. The van der Waals surface area contributed by atoms with Gasteiger partial charge in [-0.2, -0.15) is 0 Å². The average Bonchev–Trinajstić information content (AvgIpc) is 3.21. The number of rotatable bonds is 7. The minimum Gasteiger partial charge on any atom is -0.478 e. The van der Waals surface area contributed by atoms with Gasteiger partial charge in [-0.05, 0) is 44.7 Å². The molecule has 31 heavy (non-hydrogen) atoms. The number of carboxylic acid groups (broad SMARTS) is 2. The van der Waals surface area contributed by atoms with Crippen molar-refractivity contribution in [3.05, 3.63) is 30.7 Å². The summed E-state index contributed by atoms with van der Waals surface area (Å²) in [6.45, 7) is 0. The van der Waals surface area contributed by atoms with Crippen molar-refractivity contribution in [1.29, 1.82) is 0 Å². The molecule has 1 aliphatic rings. The van der Waals surface area contributed by atoms with Gasteiger partial charge in [-0.3, -0.25) is 0 Å². The quantitative estimate of drug-likeness (QED) is 0.451. The summed E-state index contributed by atoms with van der Waals surface area (Å²) in [6.07, 6.45) is 8.39. The van der Waals surface area contributed by atoms with Crippen LogP contribution in [0.5, 0.6) is 0 Å². The number of aromatic nitrogens is 3. The van der Waals surface area contributed by atoms with Crippen LogP contribution < -0.4 is 9.62 Å². The smallest absolute Gasteiger partial charge is 0.328 e. The molecule has 1 aliphatic carbocycles. The Morgan fingerprint density at radius 1 is 1.19 bits per heavy atom. The van der Waals surface area contributed by atoms with Crippen LogP contribution in [-0.2, 0) is 19.6 Å². The molecule has 1 saturated carbocycles. The van der Waals surface area contributed by atoms with Gasteiger partial charge in [-0.15, -0.1) is 0 Å². The van der Waals surface area contributed by atoms with E-state index in [-0.39, 0.29) is 11.7 Å². The molecule has 0 radical (unpaired) electrons. The van der Waals surface area contributed by atoms with Crippen LogP contribution in [0.4, 0.5) is 5.82 Å². The molecule has 0 amide bonds. The van der Waals surface area contributed by atoms with Gasteiger partial charge in [0.05, 0.1) is 11.1 Å². The normalized spacial score (nSPS) is 19.0. The predicted molar refractivity (Wildman–Crippen MR) is 115 cm³/mol. The van der Waals surface area contributed by atoms with Crippen molar-refractivity contribution >= 4 is 38.8 Å². The number of nitrogens with one attached hydrogen (secondary N) is 2. The molecule has 0 aromatic carbocycles. The maximum atomic E-state index is 11.7. The fraction of sp³-hybridized carbons (Fsp3) is 0.474. The first-order valence-corrected chi connectivity index (χ1v) is 11.3. The monoisotopic (exact) mass is 453 g/mol. The molecule has 170 valence electrons. The Labute approximate surface area is 180 Å². The minimum atomic E-state index is -3.12. The number of hydrogen-bond donors (Lipinski definition) is 4. The topological polar surface area (TPSA) is 166 Å². The molecule has 0 spiro atoms. The fourth-order valence-electron chi connectivity index (χ4n) is 3.55. The lowest BCUT2D eigenvalue weighted by molar-refractivity contribution is -0.134. The molecule has 2 aromatic rings. The molecule has 3 rings (SSSR count). The van der Waals surface area contributed by atoms with Crippen molar-refractivity contribution in [2.75, 3.05) is 24.7 Å². The van der Waals surface area contributed by atoms with Crippen LogP contribution in [0.15, 0.2) is 30.7 Å². The summed E-state index contributed by atoms with van der Waals surface area (Å²) in [5.74, 6) is -1.10. The lowest BCUT2D eigenvalue weighted by atomic mass is 9.86. The van der Waals surface area contributed by atoms with Crippen molar-refractivity contribution in [2.24, 2.45) is 5.92 Å². The molecule has 0 saturated heterocycles. The Morgan fingerprint density at radius 2 is 1.81 bits per heavy atom. The molecular formula is C19H27N5O6S. The standard InChI is InChI=1S/C15H23N5O2S.C4H4O4/c1-16-23(21,22)9-11-3-5-12(6-4-11)20(2)15-13-7-8-17-14(13)18-10-19-15;5-3(6)1-2-4(7)8/h7-8,10-12,16H,3-6,9H2,1-2H3,(H,17,18,19);1-2H,(H,5,6)(H,7,8). The summed E-state index contributed by atoms with van der Waals surface area (Å²) in [5, 5.41) is 16.6. The average molecular weight is 454 g/mol. The highest BCUT2D eigenvalue weighted by Gasteiger charge is 2.28. The zero-order valence-electron chi connectivity index (χ0n) is 17.4. The van der Waals surface area contributed by atoms with Gasteiger partial charge in [-0.25, -0.2) is 32.7 Å². The van der Waals surface area contributed by atoms with Crippen molar-refractivity contribution in [3.8, 4) is 0 Å². The first-order valence-electron chi connectivity index (χ1n) is 9.69. The highest BCUT2D eigenvalue weighted by Crippen LogP contribution is 2.31. The molecule has 0 unspecified atom stereocenters. The molecule has 2 aromatic heterocycles. The number of anilines is 1. The first-order chi connectivity index (χ1) is 14.6. The van der Waals surface area contributed by atoms with E-state index in [2.05, 4.69) is 31.6 Å². The van der Waals surface area contributed by atoms with E-state index in [1.54, 1.807) is 6.33 Å². The van der Waals surface area contributed by atoms with Gasteiger partial charge in [0.15, 0.2) is 0 Å². The van der Waals surface area contributed by atoms with Gasteiger partial charge in [0.25, 0.3) is 0 Å². The first kappa shape index (κ1) is 24.3. The summed E-state index contributed by atoms with van der Waals surface area (Å²) in [5.41, 5.74) is 0.843. The van der Waals surface area contributed by atoms with Crippen LogP contribution in [0.3, 0.4) is 0 Å². The third-order valence-corrected chi connectivity index (χ3v) is 6.70. The molecule has 0 aliphatic heterocycles. The van der Waals surface area contributed by atoms with Crippen LogP contribution in [0.2, 0.25) is 0 Å². The van der Waals surface area contributed by atoms with Gasteiger partial charge >= 0.3 is 11.9 Å². The van der Waals surface area contributed by atoms with E-state index in [0.29, 0.717) is 18.2 Å². The molecule has 0 bridgehead atoms. The van der Waals surface area contributed by atoms with E-state index >= 15 is 0 Å². The van der Waals surface area contributed by atoms with E-state index in [1.165, 1.54) is 7.05 Å². The highest BCUT2D eigenvalue weighted by molar-refractivity contribution is 7.89. The second kappa shape index (κ2) is 10.9. The predicted octanol–water partition coefficient (Wildman–Crippen LogP) is 1.21. The van der Waals surface area contributed by atoms with Crippen molar-refractivity contribution in [1.82, 2.24) is 19.7 Å². The van der Waals surface area contributed by atoms with E-state index in [0.717, 1.165) is 42.5 Å². The Kier molecular flexibility index (Phi) is 8.51. The number of hydrogen-bond acceptors (Lipinski definition) is 7. The molecule has 2 heterocycles. The number of aromatic amines is 1. The van der Waals surface area contributed by atoms with Crippen molar-refractivity contribution in [2.45, 2.75) is 31.7 Å². The molecule has 1 fully saturated rings. The number of sulfonamides is 1. The summed E-state index contributed by atoms with van der Waals surface area (Å²) in [7, 11) is 0.419. The Balaban J connectivity index is 0.000000366. The van der Waals surface area contributed by atoms with Gasteiger partial charge in [-0.1, -0.05) is 0 Å². The summed E-state index contributed by atoms with van der Waals surface area (Å²) in [6, 6.07) is 2.38. The van der Waals surface area contributed by atoms with Gasteiger partial charge in [0.1, 0.15) is 17.8 Å². The van der Waals surface area contributed by atoms with Gasteiger partial charge in [0, 0.05) is 31.4 Å². The number of carboxylic acids is 2. The molecule has 11 nitrogen and oxygen atoms in total. The second-order valence-corrected chi connectivity index (χ2v) is 9.19. The third kappa shape index (κ3) is 7.33. The van der Waals surface area contributed by atoms with E-state index in [4.69, 9.17) is 10.2 Å². The van der Waals surface area contributed by atoms with Crippen LogP contribution in [0.25, 0.3) is 11.0 Å². The fourth-order valence-corrected chi connectivity index (χ4v) is 4.67. The number of nitrogens with zero attached hydrogens (tertiary/aromatic N) is 3.